The number of aliphatic carboxylic acids is 1. The van der Waals surface area contributed by atoms with E-state index in [1.54, 1.807) is 0 Å². The van der Waals surface area contributed by atoms with Gasteiger partial charge in [-0.15, -0.1) is 0 Å². The van der Waals surface area contributed by atoms with Gasteiger partial charge in [-0.2, -0.15) is 0 Å². The van der Waals surface area contributed by atoms with Gasteiger partial charge < -0.3 is 25.2 Å². The van der Waals surface area contributed by atoms with E-state index in [0.29, 0.717) is 6.42 Å². The van der Waals surface area contributed by atoms with Crippen LogP contribution in [-0.2, 0) is 37.5 Å². The molecule has 0 aromatic heterocycles. The van der Waals surface area contributed by atoms with Crippen LogP contribution in [-0.4, -0.2) is 59.9 Å². The van der Waals surface area contributed by atoms with Crippen molar-refractivity contribution in [3.63, 3.8) is 0 Å². The predicted octanol–water partition coefficient (Wildman–Crippen LogP) is 5.66. The van der Waals surface area contributed by atoms with Gasteiger partial charge in [-0.1, -0.05) is 103 Å². The van der Waals surface area contributed by atoms with Gasteiger partial charge in [-0.25, -0.2) is 4.57 Å². The highest BCUT2D eigenvalue weighted by atomic mass is 31.2. The largest absolute Gasteiger partial charge is 0.480 e. The first-order chi connectivity index (χ1) is 18.6. The van der Waals surface area contributed by atoms with Crippen molar-refractivity contribution in [2.24, 2.45) is 5.73 Å². The molecule has 11 nitrogen and oxygen atoms in total. The van der Waals surface area contributed by atoms with E-state index in [0.717, 1.165) is 26.2 Å². The topological polar surface area (TPSA) is 172 Å². The van der Waals surface area contributed by atoms with Crippen molar-refractivity contribution < 1.29 is 47.5 Å². The average molecular weight is 582 g/mol. The molecule has 0 aliphatic heterocycles. The molecule has 1 unspecified atom stereocenters. The number of rotatable bonds is 27. The Balaban J connectivity index is 3.86. The number of hydrogen-bond donors (Lipinski definition) is 3. The molecule has 0 aliphatic carbocycles. The number of hydrogen-bond acceptors (Lipinski definition) is 9. The summed E-state index contributed by atoms with van der Waals surface area (Å²) in [4.78, 5) is 43.6. The highest BCUT2D eigenvalue weighted by molar-refractivity contribution is 7.47. The van der Waals surface area contributed by atoms with Crippen molar-refractivity contribution in [3.05, 3.63) is 0 Å². The van der Waals surface area contributed by atoms with E-state index in [-0.39, 0.29) is 13.0 Å². The third kappa shape index (κ3) is 25.2. The molecule has 0 saturated carbocycles. The van der Waals surface area contributed by atoms with E-state index in [4.69, 9.17) is 24.8 Å². The van der Waals surface area contributed by atoms with Gasteiger partial charge in [0.15, 0.2) is 6.10 Å². The molecule has 12 heteroatoms. The smallest absolute Gasteiger partial charge is 0.472 e. The Kier molecular flexibility index (Phi) is 23.3. The molecule has 0 rings (SSSR count). The van der Waals surface area contributed by atoms with Gasteiger partial charge in [0.05, 0.1) is 13.2 Å². The van der Waals surface area contributed by atoms with E-state index < -0.39 is 51.1 Å². The summed E-state index contributed by atoms with van der Waals surface area (Å²) in [5, 5.41) is 8.68. The second-order valence-corrected chi connectivity index (χ2v) is 11.4. The standard InChI is InChI=1S/C27H52NO10P/c1-3-4-5-6-7-8-9-10-11-12-13-14-15-16-17-18-19-26(30)35-20-24(38-23(2)29)21-36-39(33,34)37-22-25(28)27(31)32/h24-25H,3-22,28H2,1-2H3,(H,31,32)(H,33,34)/t24-,25+/m1/s1. The summed E-state index contributed by atoms with van der Waals surface area (Å²) in [6.45, 7) is 1.67. The zero-order chi connectivity index (χ0) is 29.4. The summed E-state index contributed by atoms with van der Waals surface area (Å²) < 4.78 is 31.2. The lowest BCUT2D eigenvalue weighted by Gasteiger charge is -2.19. The van der Waals surface area contributed by atoms with Crippen LogP contribution in [0.1, 0.15) is 123 Å². The zero-order valence-corrected chi connectivity index (χ0v) is 24.9. The Bertz CT molecular complexity index is 706. The van der Waals surface area contributed by atoms with Gasteiger partial charge >= 0.3 is 25.7 Å². The van der Waals surface area contributed by atoms with Gasteiger partial charge in [0.2, 0.25) is 0 Å². The van der Waals surface area contributed by atoms with Gasteiger partial charge in [-0.05, 0) is 6.42 Å². The number of esters is 2. The number of ether oxygens (including phenoxy) is 2. The van der Waals surface area contributed by atoms with Crippen molar-refractivity contribution in [1.29, 1.82) is 0 Å². The summed E-state index contributed by atoms with van der Waals surface area (Å²) in [5.74, 6) is -2.57. The number of carbonyl (C=O) groups excluding carboxylic acids is 2. The molecule has 0 aromatic carbocycles. The van der Waals surface area contributed by atoms with Crippen LogP contribution >= 0.6 is 7.82 Å². The normalized spacial score (nSPS) is 14.4. The fraction of sp³-hybridized carbons (Fsp3) is 0.889. The fourth-order valence-corrected chi connectivity index (χ4v) is 4.66. The molecule has 0 saturated heterocycles. The maximum atomic E-state index is 12.0. The number of unbranched alkanes of at least 4 members (excludes halogenated alkanes) is 15. The molecule has 0 radical (unpaired) electrons. The fourth-order valence-electron chi connectivity index (χ4n) is 3.89. The molecule has 0 bridgehead atoms. The molecule has 4 N–H and O–H groups in total. The highest BCUT2D eigenvalue weighted by Gasteiger charge is 2.27. The quantitative estimate of drug-likeness (QED) is 0.0621. The number of carbonyl (C=O) groups is 3. The maximum absolute atomic E-state index is 12.0. The second-order valence-electron chi connectivity index (χ2n) is 9.97. The van der Waals surface area contributed by atoms with E-state index in [2.05, 4.69) is 11.4 Å². The maximum Gasteiger partial charge on any atom is 0.472 e. The van der Waals surface area contributed by atoms with Crippen LogP contribution in [0.3, 0.4) is 0 Å². The summed E-state index contributed by atoms with van der Waals surface area (Å²) in [5.41, 5.74) is 5.21. The van der Waals surface area contributed by atoms with Crippen LogP contribution in [0.25, 0.3) is 0 Å². The summed E-state index contributed by atoms with van der Waals surface area (Å²) in [6, 6.07) is -1.51. The highest BCUT2D eigenvalue weighted by Crippen LogP contribution is 2.43. The Morgan fingerprint density at radius 1 is 0.744 bits per heavy atom. The Hall–Kier alpha value is -1.52. The summed E-state index contributed by atoms with van der Waals surface area (Å²) >= 11 is 0. The average Bonchev–Trinajstić information content (AvgIpc) is 2.88. The Morgan fingerprint density at radius 2 is 1.18 bits per heavy atom. The number of nitrogens with two attached hydrogens (primary N) is 1. The lowest BCUT2D eigenvalue weighted by atomic mass is 10.0. The van der Waals surface area contributed by atoms with Crippen LogP contribution in [0.15, 0.2) is 0 Å². The number of carboxylic acid groups (broad SMARTS) is 1. The Labute approximate surface area is 234 Å². The predicted molar refractivity (Wildman–Crippen MR) is 148 cm³/mol. The van der Waals surface area contributed by atoms with Crippen LogP contribution in [0.4, 0.5) is 0 Å². The van der Waals surface area contributed by atoms with Gasteiger partial charge in [0, 0.05) is 13.3 Å². The molecule has 3 atom stereocenters. The molecule has 0 amide bonds. The number of phosphoric ester groups is 1. The molecule has 39 heavy (non-hydrogen) atoms. The molecular formula is C27H52NO10P. The minimum Gasteiger partial charge on any atom is -0.480 e. The molecule has 0 fully saturated rings. The summed E-state index contributed by atoms with van der Waals surface area (Å²) in [6.07, 6.45) is 18.9. The number of phosphoric acid groups is 1. The molecule has 230 valence electrons. The lowest BCUT2D eigenvalue weighted by Crippen LogP contribution is -2.34. The Morgan fingerprint density at radius 3 is 1.62 bits per heavy atom. The SMILES string of the molecule is CCCCCCCCCCCCCCCCCCC(=O)OC[C@H](COP(=O)(O)OC[C@H](N)C(=O)O)OC(C)=O. The van der Waals surface area contributed by atoms with Crippen LogP contribution in [0.2, 0.25) is 0 Å². The lowest BCUT2D eigenvalue weighted by molar-refractivity contribution is -0.159. The van der Waals surface area contributed by atoms with Crippen molar-refractivity contribution in [2.45, 2.75) is 135 Å². The van der Waals surface area contributed by atoms with Crippen molar-refractivity contribution in [3.8, 4) is 0 Å². The molecule has 0 aromatic rings. The van der Waals surface area contributed by atoms with Crippen molar-refractivity contribution in [2.75, 3.05) is 19.8 Å². The van der Waals surface area contributed by atoms with E-state index in [9.17, 15) is 23.8 Å². The molecular weight excluding hydrogens is 529 g/mol. The van der Waals surface area contributed by atoms with Crippen LogP contribution in [0.5, 0.6) is 0 Å². The van der Waals surface area contributed by atoms with Crippen molar-refractivity contribution in [1.82, 2.24) is 0 Å². The molecule has 0 heterocycles. The summed E-state index contributed by atoms with van der Waals surface area (Å²) in [7, 11) is -4.65. The van der Waals surface area contributed by atoms with Crippen LogP contribution < -0.4 is 5.73 Å². The van der Waals surface area contributed by atoms with Crippen molar-refractivity contribution >= 4 is 25.7 Å². The van der Waals surface area contributed by atoms with E-state index >= 15 is 0 Å². The second kappa shape index (κ2) is 24.3. The third-order valence-corrected chi connectivity index (χ3v) is 7.11. The third-order valence-electron chi connectivity index (χ3n) is 6.16. The van der Waals surface area contributed by atoms with Gasteiger partial charge in [0.25, 0.3) is 0 Å². The minimum absolute atomic E-state index is 0.223. The van der Waals surface area contributed by atoms with E-state index in [1.807, 2.05) is 0 Å². The van der Waals surface area contributed by atoms with Crippen LogP contribution in [0, 0.1) is 0 Å². The van der Waals surface area contributed by atoms with Gasteiger partial charge in [0.1, 0.15) is 12.6 Å². The first-order valence-electron chi connectivity index (χ1n) is 14.5. The number of carboxylic acids is 1. The first-order valence-corrected chi connectivity index (χ1v) is 16.0. The molecule has 0 spiro atoms. The monoisotopic (exact) mass is 581 g/mol. The first kappa shape index (κ1) is 37.5. The molecule has 0 aliphatic rings. The van der Waals surface area contributed by atoms with Gasteiger partial charge in [-0.3, -0.25) is 23.4 Å². The van der Waals surface area contributed by atoms with E-state index in [1.165, 1.54) is 77.0 Å². The minimum atomic E-state index is -4.65. The zero-order valence-electron chi connectivity index (χ0n) is 24.0.